The van der Waals surface area contributed by atoms with Gasteiger partial charge in [-0.1, -0.05) is 6.92 Å². The van der Waals surface area contributed by atoms with Crippen LogP contribution in [0.3, 0.4) is 0 Å². The van der Waals surface area contributed by atoms with Crippen LogP contribution in [0.2, 0.25) is 0 Å². The van der Waals surface area contributed by atoms with E-state index in [9.17, 15) is 0 Å². The highest BCUT2D eigenvalue weighted by atomic mass is 32.2. The number of rotatable bonds is 7. The summed E-state index contributed by atoms with van der Waals surface area (Å²) >= 11 is 1.56. The monoisotopic (exact) mass is 453 g/mol. The van der Waals surface area contributed by atoms with Crippen LogP contribution in [0.4, 0.5) is 5.82 Å². The Balaban J connectivity index is 1.54. The summed E-state index contributed by atoms with van der Waals surface area (Å²) in [7, 11) is 4.10. The first-order valence-electron chi connectivity index (χ1n) is 11.0. The second-order valence-corrected chi connectivity index (χ2v) is 9.35. The molecule has 170 valence electrons. The summed E-state index contributed by atoms with van der Waals surface area (Å²) in [6.07, 6.45) is 8.64. The molecule has 0 amide bonds. The molecule has 32 heavy (non-hydrogen) atoms. The zero-order chi connectivity index (χ0) is 22.7. The van der Waals surface area contributed by atoms with Gasteiger partial charge in [0.05, 0.1) is 30.3 Å². The molecule has 9 heteroatoms. The minimum Gasteiger partial charge on any atom is -0.433 e. The minimum atomic E-state index is 0.254. The number of benzene rings is 1. The molecule has 8 nitrogen and oxygen atoms in total. The third-order valence-electron chi connectivity index (χ3n) is 5.95. The average Bonchev–Trinajstić information content (AvgIpc) is 3.24. The number of piperidine rings is 1. The SMILES string of the molecule is CC[C@@H]1C[C@@H](n2cc(Oc3nc(-c4cc(C)cc(SNC)c4)cnc3N)cn2)CCN1C. The van der Waals surface area contributed by atoms with Gasteiger partial charge in [-0.15, -0.1) is 0 Å². The summed E-state index contributed by atoms with van der Waals surface area (Å²) in [5.41, 5.74) is 8.90. The Morgan fingerprint density at radius 1 is 1.28 bits per heavy atom. The first kappa shape index (κ1) is 22.6. The number of likely N-dealkylation sites (tertiary alicyclic amines) is 1. The summed E-state index contributed by atoms with van der Waals surface area (Å²) in [4.78, 5) is 12.5. The lowest BCUT2D eigenvalue weighted by molar-refractivity contribution is 0.135. The zero-order valence-electron chi connectivity index (χ0n) is 19.1. The molecule has 1 aromatic carbocycles. The maximum atomic E-state index is 6.08. The van der Waals surface area contributed by atoms with Crippen molar-refractivity contribution < 1.29 is 4.74 Å². The van der Waals surface area contributed by atoms with Gasteiger partial charge in [-0.3, -0.25) is 9.40 Å². The fourth-order valence-electron chi connectivity index (χ4n) is 4.22. The van der Waals surface area contributed by atoms with Gasteiger partial charge in [-0.25, -0.2) is 9.97 Å². The molecule has 0 radical (unpaired) electrons. The van der Waals surface area contributed by atoms with Crippen molar-refractivity contribution in [1.82, 2.24) is 29.4 Å². The largest absolute Gasteiger partial charge is 0.433 e. The zero-order valence-corrected chi connectivity index (χ0v) is 19.9. The molecule has 1 fully saturated rings. The molecular formula is C23H31N7OS. The lowest BCUT2D eigenvalue weighted by atomic mass is 9.96. The first-order chi connectivity index (χ1) is 15.5. The molecule has 0 saturated carbocycles. The third kappa shape index (κ3) is 5.06. The van der Waals surface area contributed by atoms with Gasteiger partial charge in [0, 0.05) is 23.0 Å². The highest BCUT2D eigenvalue weighted by Gasteiger charge is 2.26. The molecule has 2 aromatic heterocycles. The van der Waals surface area contributed by atoms with E-state index < -0.39 is 0 Å². The van der Waals surface area contributed by atoms with Gasteiger partial charge in [-0.05, 0) is 76.0 Å². The topological polar surface area (TPSA) is 94.1 Å². The van der Waals surface area contributed by atoms with Crippen molar-refractivity contribution in [2.45, 2.75) is 50.1 Å². The number of nitrogens with two attached hydrogens (primary N) is 1. The van der Waals surface area contributed by atoms with Crippen LogP contribution in [0, 0.1) is 6.92 Å². The Labute approximate surface area is 193 Å². The molecule has 1 saturated heterocycles. The number of nitrogen functional groups attached to an aromatic ring is 1. The average molecular weight is 454 g/mol. The van der Waals surface area contributed by atoms with E-state index in [0.29, 0.717) is 29.4 Å². The van der Waals surface area contributed by atoms with Gasteiger partial charge in [0.1, 0.15) is 0 Å². The lowest BCUT2D eigenvalue weighted by Crippen LogP contribution is -2.40. The number of hydrogen-bond acceptors (Lipinski definition) is 8. The standard InChI is InChI=1S/C23H31N7OS/c1-5-17-11-18(6-7-29(17)4)30-14-19(12-27-30)31-23-22(24)26-13-21(28-23)16-8-15(2)9-20(10-16)32-25-3/h8-10,12-14,17-18,25H,5-7,11H2,1-4H3,(H2,24,26)/t17-,18+/m1/s1. The fraction of sp³-hybridized carbons (Fsp3) is 0.435. The summed E-state index contributed by atoms with van der Waals surface area (Å²) in [6, 6.07) is 7.22. The Morgan fingerprint density at radius 3 is 2.91 bits per heavy atom. The Morgan fingerprint density at radius 2 is 2.12 bits per heavy atom. The molecule has 4 rings (SSSR count). The number of hydrogen-bond donors (Lipinski definition) is 2. The van der Waals surface area contributed by atoms with Gasteiger partial charge in [0.15, 0.2) is 11.6 Å². The van der Waals surface area contributed by atoms with Crippen LogP contribution < -0.4 is 15.2 Å². The van der Waals surface area contributed by atoms with Gasteiger partial charge in [0.25, 0.3) is 5.88 Å². The molecule has 0 bridgehead atoms. The van der Waals surface area contributed by atoms with Crippen molar-refractivity contribution in [3.63, 3.8) is 0 Å². The summed E-state index contributed by atoms with van der Waals surface area (Å²) < 4.78 is 11.1. The quantitative estimate of drug-likeness (QED) is 0.512. The van der Waals surface area contributed by atoms with E-state index in [2.05, 4.69) is 63.8 Å². The lowest BCUT2D eigenvalue weighted by Gasteiger charge is -2.36. The van der Waals surface area contributed by atoms with Gasteiger partial charge in [-0.2, -0.15) is 5.10 Å². The van der Waals surface area contributed by atoms with Gasteiger partial charge in [0.2, 0.25) is 0 Å². The highest BCUT2D eigenvalue weighted by molar-refractivity contribution is 7.97. The smallest absolute Gasteiger partial charge is 0.263 e. The number of nitrogens with one attached hydrogen (secondary N) is 1. The van der Waals surface area contributed by atoms with E-state index in [4.69, 9.17) is 10.5 Å². The second-order valence-electron chi connectivity index (χ2n) is 8.27. The number of anilines is 1. The maximum absolute atomic E-state index is 6.08. The third-order valence-corrected chi connectivity index (χ3v) is 6.63. The van der Waals surface area contributed by atoms with Gasteiger partial charge >= 0.3 is 0 Å². The van der Waals surface area contributed by atoms with Crippen LogP contribution in [0.15, 0.2) is 41.7 Å². The molecule has 3 aromatic rings. The van der Waals surface area contributed by atoms with Crippen LogP contribution >= 0.6 is 11.9 Å². The molecule has 2 atom stereocenters. The molecule has 0 unspecified atom stereocenters. The van der Waals surface area contributed by atoms with Gasteiger partial charge < -0.3 is 15.4 Å². The number of aromatic nitrogens is 4. The molecule has 1 aliphatic heterocycles. The Hall–Kier alpha value is -2.62. The highest BCUT2D eigenvalue weighted by Crippen LogP contribution is 2.32. The van der Waals surface area contributed by atoms with Crippen molar-refractivity contribution in [3.05, 3.63) is 42.4 Å². The van der Waals surface area contributed by atoms with Crippen LogP contribution in [0.25, 0.3) is 11.3 Å². The number of nitrogens with zero attached hydrogens (tertiary/aromatic N) is 5. The minimum absolute atomic E-state index is 0.254. The predicted molar refractivity (Wildman–Crippen MR) is 129 cm³/mol. The molecule has 3 N–H and O–H groups in total. The van der Waals surface area contributed by atoms with Crippen molar-refractivity contribution in [2.75, 3.05) is 26.4 Å². The van der Waals surface area contributed by atoms with Crippen molar-refractivity contribution in [3.8, 4) is 22.9 Å². The number of ether oxygens (including phenoxy) is 1. The number of aryl methyl sites for hydroxylation is 1. The van der Waals surface area contributed by atoms with Crippen molar-refractivity contribution in [2.24, 2.45) is 0 Å². The Kier molecular flexibility index (Phi) is 6.98. The van der Waals surface area contributed by atoms with E-state index in [-0.39, 0.29) is 5.82 Å². The predicted octanol–water partition coefficient (Wildman–Crippen LogP) is 4.29. The van der Waals surface area contributed by atoms with Crippen LogP contribution in [0.5, 0.6) is 11.6 Å². The molecule has 3 heterocycles. The molecule has 1 aliphatic rings. The van der Waals surface area contributed by atoms with Crippen LogP contribution in [-0.2, 0) is 0 Å². The van der Waals surface area contributed by atoms with E-state index in [0.717, 1.165) is 41.8 Å². The van der Waals surface area contributed by atoms with Crippen molar-refractivity contribution in [1.29, 1.82) is 0 Å². The molecule has 0 aliphatic carbocycles. The molecular weight excluding hydrogens is 422 g/mol. The van der Waals surface area contributed by atoms with E-state index in [1.54, 1.807) is 24.3 Å². The summed E-state index contributed by atoms with van der Waals surface area (Å²) in [5.74, 6) is 1.16. The first-order valence-corrected chi connectivity index (χ1v) is 11.8. The molecule has 0 spiro atoms. The normalized spacial score (nSPS) is 19.2. The van der Waals surface area contributed by atoms with Crippen LogP contribution in [-0.4, -0.2) is 51.3 Å². The van der Waals surface area contributed by atoms with E-state index >= 15 is 0 Å². The second kappa shape index (κ2) is 9.89. The Bertz CT molecular complexity index is 1070. The summed E-state index contributed by atoms with van der Waals surface area (Å²) in [6.45, 7) is 5.38. The van der Waals surface area contributed by atoms with E-state index in [1.165, 1.54) is 0 Å². The maximum Gasteiger partial charge on any atom is 0.263 e. The van der Waals surface area contributed by atoms with Crippen LogP contribution in [0.1, 0.15) is 37.8 Å². The summed E-state index contributed by atoms with van der Waals surface area (Å²) in [5, 5.41) is 4.56. The van der Waals surface area contributed by atoms with Crippen molar-refractivity contribution >= 4 is 17.8 Å². The fourth-order valence-corrected chi connectivity index (χ4v) is 4.88. The van der Waals surface area contributed by atoms with E-state index in [1.807, 2.05) is 17.9 Å².